The van der Waals surface area contributed by atoms with Gasteiger partial charge in [0.05, 0.1) is 14.7 Å². The zero-order valence-corrected chi connectivity index (χ0v) is 17.0. The van der Waals surface area contributed by atoms with E-state index in [4.69, 9.17) is 0 Å². The Kier molecular flexibility index (Phi) is 6.11. The molecule has 1 N–H and O–H groups in total. The van der Waals surface area contributed by atoms with Gasteiger partial charge in [0.2, 0.25) is 10.0 Å². The normalized spacial score (nSPS) is 15.8. The van der Waals surface area contributed by atoms with Gasteiger partial charge in [-0.1, -0.05) is 30.2 Å². The van der Waals surface area contributed by atoms with Crippen LogP contribution in [0.3, 0.4) is 0 Å². The van der Waals surface area contributed by atoms with Crippen LogP contribution in [-0.4, -0.2) is 36.6 Å². The van der Waals surface area contributed by atoms with Crippen LogP contribution in [0.5, 0.6) is 0 Å². The number of sulfonamides is 1. The predicted octanol–water partition coefficient (Wildman–Crippen LogP) is 3.78. The maximum atomic E-state index is 13.1. The van der Waals surface area contributed by atoms with E-state index in [1.54, 1.807) is 19.1 Å². The highest BCUT2D eigenvalue weighted by Gasteiger charge is 2.27. The summed E-state index contributed by atoms with van der Waals surface area (Å²) in [6.07, 6.45) is 3.72. The topological polar surface area (TPSA) is 110 Å². The lowest BCUT2D eigenvalue weighted by Crippen LogP contribution is -2.32. The second kappa shape index (κ2) is 8.38. The van der Waals surface area contributed by atoms with Gasteiger partial charge in [0.25, 0.3) is 5.91 Å². The number of thiophene rings is 1. The minimum atomic E-state index is -3.65. The molecule has 0 atom stereocenters. The van der Waals surface area contributed by atoms with Crippen molar-refractivity contribution in [3.8, 4) is 0 Å². The Labute approximate surface area is 167 Å². The number of nitro groups is 1. The fourth-order valence-corrected chi connectivity index (χ4v) is 5.60. The highest BCUT2D eigenvalue weighted by molar-refractivity contribution is 7.89. The van der Waals surface area contributed by atoms with Crippen LogP contribution in [0.2, 0.25) is 0 Å². The van der Waals surface area contributed by atoms with Gasteiger partial charge < -0.3 is 5.32 Å². The van der Waals surface area contributed by atoms with Crippen molar-refractivity contribution in [2.45, 2.75) is 37.5 Å². The molecule has 0 bridgehead atoms. The Hall–Kier alpha value is -2.30. The Balaban J connectivity index is 1.84. The van der Waals surface area contributed by atoms with Gasteiger partial charge in [0.15, 0.2) is 0 Å². The van der Waals surface area contributed by atoms with Crippen LogP contribution in [-0.2, 0) is 10.0 Å². The van der Waals surface area contributed by atoms with Crippen molar-refractivity contribution in [2.75, 3.05) is 18.4 Å². The largest absolute Gasteiger partial charge is 0.324 e. The average Bonchev–Trinajstić information content (AvgIpc) is 2.99. The lowest BCUT2D eigenvalue weighted by Gasteiger charge is -2.21. The molecular formula is C18H21N3O5S2. The number of nitrogens with zero attached hydrogens (tertiary/aromatic N) is 2. The van der Waals surface area contributed by atoms with E-state index in [0.29, 0.717) is 24.3 Å². The van der Waals surface area contributed by atoms with E-state index >= 15 is 0 Å². The molecule has 1 aliphatic heterocycles. The molecule has 8 nitrogen and oxygen atoms in total. The average molecular weight is 424 g/mol. The molecule has 150 valence electrons. The van der Waals surface area contributed by atoms with Crippen molar-refractivity contribution in [1.29, 1.82) is 0 Å². The molecule has 1 fully saturated rings. The van der Waals surface area contributed by atoms with E-state index in [1.165, 1.54) is 22.5 Å². The number of carbonyl (C=O) groups excluding carboxylic acids is 1. The highest BCUT2D eigenvalue weighted by Crippen LogP contribution is 2.28. The summed E-state index contributed by atoms with van der Waals surface area (Å²) >= 11 is 0.769. The molecule has 1 aromatic heterocycles. The van der Waals surface area contributed by atoms with Crippen LogP contribution < -0.4 is 5.32 Å². The SMILES string of the molecule is Cc1ccc(NC(=O)c2ccc([N+](=O)[O-])s2)cc1S(=O)(=O)N1CCCCCC1. The molecule has 0 spiro atoms. The number of hydrogen-bond acceptors (Lipinski definition) is 6. The fourth-order valence-electron chi connectivity index (χ4n) is 3.12. The summed E-state index contributed by atoms with van der Waals surface area (Å²) in [6, 6.07) is 7.37. The van der Waals surface area contributed by atoms with Crippen molar-refractivity contribution in [3.05, 3.63) is 50.9 Å². The third kappa shape index (κ3) is 4.40. The van der Waals surface area contributed by atoms with E-state index < -0.39 is 20.9 Å². The number of anilines is 1. The number of nitrogens with one attached hydrogen (secondary N) is 1. The van der Waals surface area contributed by atoms with E-state index in [9.17, 15) is 23.3 Å². The molecule has 28 heavy (non-hydrogen) atoms. The number of aryl methyl sites for hydroxylation is 1. The molecule has 2 aromatic rings. The number of rotatable bonds is 5. The van der Waals surface area contributed by atoms with Gasteiger partial charge in [0, 0.05) is 24.8 Å². The van der Waals surface area contributed by atoms with Crippen molar-refractivity contribution in [1.82, 2.24) is 4.31 Å². The first-order chi connectivity index (χ1) is 13.3. The van der Waals surface area contributed by atoms with Crippen molar-refractivity contribution < 1.29 is 18.1 Å². The van der Waals surface area contributed by atoms with E-state index in [0.717, 1.165) is 37.0 Å². The Morgan fingerprint density at radius 1 is 1.14 bits per heavy atom. The molecule has 1 aromatic carbocycles. The summed E-state index contributed by atoms with van der Waals surface area (Å²) in [5, 5.41) is 13.3. The molecule has 1 aliphatic rings. The Bertz CT molecular complexity index is 992. The summed E-state index contributed by atoms with van der Waals surface area (Å²) in [7, 11) is -3.65. The van der Waals surface area contributed by atoms with Gasteiger partial charge in [-0.25, -0.2) is 8.42 Å². The third-order valence-electron chi connectivity index (χ3n) is 4.62. The lowest BCUT2D eigenvalue weighted by molar-refractivity contribution is -0.380. The van der Waals surface area contributed by atoms with Crippen molar-refractivity contribution >= 4 is 38.0 Å². The second-order valence-electron chi connectivity index (χ2n) is 6.65. The monoisotopic (exact) mass is 423 g/mol. The van der Waals surface area contributed by atoms with Crippen LogP contribution in [0.4, 0.5) is 10.7 Å². The summed E-state index contributed by atoms with van der Waals surface area (Å²) < 4.78 is 27.7. The molecular weight excluding hydrogens is 402 g/mol. The van der Waals surface area contributed by atoms with Gasteiger partial charge >= 0.3 is 5.00 Å². The maximum Gasteiger partial charge on any atom is 0.324 e. The van der Waals surface area contributed by atoms with Crippen molar-refractivity contribution in [3.63, 3.8) is 0 Å². The maximum absolute atomic E-state index is 13.1. The Morgan fingerprint density at radius 3 is 2.43 bits per heavy atom. The number of benzene rings is 1. The minimum absolute atomic E-state index is 0.126. The summed E-state index contributed by atoms with van der Waals surface area (Å²) in [6.45, 7) is 2.72. The van der Waals surface area contributed by atoms with Gasteiger partial charge in [0.1, 0.15) is 0 Å². The summed E-state index contributed by atoms with van der Waals surface area (Å²) in [5.74, 6) is -0.514. The molecule has 10 heteroatoms. The second-order valence-corrected chi connectivity index (χ2v) is 9.62. The molecule has 3 rings (SSSR count). The quantitative estimate of drug-likeness (QED) is 0.581. The van der Waals surface area contributed by atoms with Gasteiger partial charge in [-0.05, 0) is 43.5 Å². The lowest BCUT2D eigenvalue weighted by atomic mass is 10.2. The standard InChI is InChI=1S/C18H21N3O5S2/c1-13-6-7-14(19-18(22)15-8-9-17(27-15)21(23)24)12-16(13)28(25,26)20-10-4-2-3-5-11-20/h6-9,12H,2-5,10-11H2,1H3,(H,19,22). The molecule has 0 saturated carbocycles. The number of amides is 1. The first kappa shape index (κ1) is 20.4. The smallest absolute Gasteiger partial charge is 0.321 e. The van der Waals surface area contributed by atoms with Crippen LogP contribution in [0, 0.1) is 17.0 Å². The number of carbonyl (C=O) groups is 1. The van der Waals surface area contributed by atoms with Crippen LogP contribution in [0.1, 0.15) is 40.9 Å². The Morgan fingerprint density at radius 2 is 1.82 bits per heavy atom. The summed E-state index contributed by atoms with van der Waals surface area (Å²) in [5.41, 5.74) is 0.939. The highest BCUT2D eigenvalue weighted by atomic mass is 32.2. The first-order valence-corrected chi connectivity index (χ1v) is 11.2. The zero-order chi connectivity index (χ0) is 20.3. The minimum Gasteiger partial charge on any atom is -0.321 e. The van der Waals surface area contributed by atoms with E-state index in [-0.39, 0.29) is 14.8 Å². The van der Waals surface area contributed by atoms with E-state index in [2.05, 4.69) is 5.32 Å². The molecule has 1 saturated heterocycles. The third-order valence-corrected chi connectivity index (χ3v) is 7.70. The van der Waals surface area contributed by atoms with E-state index in [1.807, 2.05) is 0 Å². The van der Waals surface area contributed by atoms with Gasteiger partial charge in [-0.2, -0.15) is 4.31 Å². The van der Waals surface area contributed by atoms with Crippen LogP contribution in [0.15, 0.2) is 35.2 Å². The predicted molar refractivity (Wildman–Crippen MR) is 107 cm³/mol. The van der Waals surface area contributed by atoms with Gasteiger partial charge in [-0.15, -0.1) is 0 Å². The molecule has 0 aliphatic carbocycles. The molecule has 0 radical (unpaired) electrons. The molecule has 1 amide bonds. The molecule has 2 heterocycles. The van der Waals surface area contributed by atoms with Crippen molar-refractivity contribution in [2.24, 2.45) is 0 Å². The summed E-state index contributed by atoms with van der Waals surface area (Å²) in [4.78, 5) is 22.9. The number of hydrogen-bond donors (Lipinski definition) is 1. The molecule has 0 unspecified atom stereocenters. The van der Waals surface area contributed by atoms with Crippen LogP contribution >= 0.6 is 11.3 Å². The first-order valence-electron chi connectivity index (χ1n) is 8.95. The van der Waals surface area contributed by atoms with Gasteiger partial charge in [-0.3, -0.25) is 14.9 Å². The zero-order valence-electron chi connectivity index (χ0n) is 15.4. The van der Waals surface area contributed by atoms with Crippen LogP contribution in [0.25, 0.3) is 0 Å². The fraction of sp³-hybridized carbons (Fsp3) is 0.389.